The lowest BCUT2D eigenvalue weighted by molar-refractivity contribution is -0.154. The lowest BCUT2D eigenvalue weighted by Gasteiger charge is -2.38. The van der Waals surface area contributed by atoms with Gasteiger partial charge in [0.05, 0.1) is 23.0 Å². The van der Waals surface area contributed by atoms with Crippen LogP contribution in [0.3, 0.4) is 0 Å². The van der Waals surface area contributed by atoms with Gasteiger partial charge in [-0.05, 0) is 49.9 Å². The fraction of sp³-hybridized carbons (Fsp3) is 0.536. The van der Waals surface area contributed by atoms with E-state index in [0.29, 0.717) is 17.3 Å². The van der Waals surface area contributed by atoms with Gasteiger partial charge >= 0.3 is 12.1 Å². The second-order valence-electron chi connectivity index (χ2n) is 11.1. The van der Waals surface area contributed by atoms with Crippen LogP contribution in [-0.2, 0) is 14.3 Å². The summed E-state index contributed by atoms with van der Waals surface area (Å²) in [5.74, 6) is 0.864. The molecular formula is C28H38N4O4S. The van der Waals surface area contributed by atoms with Crippen molar-refractivity contribution in [3.8, 4) is 0 Å². The minimum atomic E-state index is -0.595. The third-order valence-corrected chi connectivity index (χ3v) is 7.55. The van der Waals surface area contributed by atoms with Crippen molar-refractivity contribution in [3.63, 3.8) is 0 Å². The molecule has 200 valence electrons. The van der Waals surface area contributed by atoms with Crippen molar-refractivity contribution in [2.45, 2.75) is 47.5 Å². The zero-order valence-electron chi connectivity index (χ0n) is 22.7. The quantitative estimate of drug-likeness (QED) is 0.397. The Morgan fingerprint density at radius 2 is 1.81 bits per heavy atom. The number of amides is 1. The van der Waals surface area contributed by atoms with E-state index in [-0.39, 0.29) is 17.8 Å². The molecule has 0 radical (unpaired) electrons. The summed E-state index contributed by atoms with van der Waals surface area (Å²) in [5.41, 5.74) is 1.15. The van der Waals surface area contributed by atoms with Crippen LogP contribution in [0.25, 0.3) is 5.82 Å². The molecule has 0 saturated carbocycles. The highest BCUT2D eigenvalue weighted by Gasteiger charge is 2.32. The predicted molar refractivity (Wildman–Crippen MR) is 146 cm³/mol. The van der Waals surface area contributed by atoms with Crippen LogP contribution in [0.5, 0.6) is 0 Å². The smallest absolute Gasteiger partial charge is 0.423 e. The van der Waals surface area contributed by atoms with Gasteiger partial charge in [0.15, 0.2) is 0 Å². The first kappa shape index (κ1) is 27.1. The Morgan fingerprint density at radius 1 is 1.11 bits per heavy atom. The Morgan fingerprint density at radius 3 is 2.51 bits per heavy atom. The van der Waals surface area contributed by atoms with Crippen LogP contribution in [0.4, 0.5) is 16.2 Å². The SMILES string of the molecule is Cc1cc2c(s1)=Nc1ccccc1N(C(=O)OCOC(=O)CC(C)(C)CC(C)C)C=2N1CCN(C)CC1. The van der Waals surface area contributed by atoms with Crippen LogP contribution < -0.4 is 14.8 Å². The molecule has 2 aliphatic rings. The Labute approximate surface area is 223 Å². The zero-order valence-corrected chi connectivity index (χ0v) is 23.6. The number of esters is 1. The van der Waals surface area contributed by atoms with Crippen LogP contribution in [-0.4, -0.2) is 61.9 Å². The topological polar surface area (TPSA) is 74.7 Å². The van der Waals surface area contributed by atoms with E-state index in [1.807, 2.05) is 31.2 Å². The second-order valence-corrected chi connectivity index (χ2v) is 12.3. The molecule has 0 aliphatic carbocycles. The number of hydrogen-bond acceptors (Lipinski definition) is 8. The molecule has 0 atom stereocenters. The van der Waals surface area contributed by atoms with Gasteiger partial charge in [-0.2, -0.15) is 0 Å². The number of carbonyl (C=O) groups is 2. The molecule has 0 spiro atoms. The number of hydrogen-bond donors (Lipinski definition) is 0. The number of carbonyl (C=O) groups excluding carboxylic acids is 2. The first-order valence-electron chi connectivity index (χ1n) is 12.9. The summed E-state index contributed by atoms with van der Waals surface area (Å²) in [6, 6.07) is 9.66. The fourth-order valence-corrected chi connectivity index (χ4v) is 6.07. The monoisotopic (exact) mass is 526 g/mol. The molecule has 0 unspecified atom stereocenters. The van der Waals surface area contributed by atoms with Crippen molar-refractivity contribution in [1.29, 1.82) is 0 Å². The van der Waals surface area contributed by atoms with E-state index < -0.39 is 12.9 Å². The highest BCUT2D eigenvalue weighted by atomic mass is 32.1. The van der Waals surface area contributed by atoms with Crippen LogP contribution in [0.1, 0.15) is 45.4 Å². The van der Waals surface area contributed by atoms with Gasteiger partial charge in [0.1, 0.15) is 10.5 Å². The highest BCUT2D eigenvalue weighted by molar-refractivity contribution is 7.09. The summed E-state index contributed by atoms with van der Waals surface area (Å²) < 4.78 is 11.8. The normalized spacial score (nSPS) is 16.1. The van der Waals surface area contributed by atoms with Gasteiger partial charge in [-0.15, -0.1) is 11.3 Å². The number of nitrogens with zero attached hydrogens (tertiary/aromatic N) is 4. The van der Waals surface area contributed by atoms with Crippen LogP contribution in [0.2, 0.25) is 0 Å². The molecule has 3 heterocycles. The molecule has 1 fully saturated rings. The number of anilines is 1. The fourth-order valence-electron chi connectivity index (χ4n) is 5.18. The predicted octanol–water partition coefficient (Wildman–Crippen LogP) is 4.24. The summed E-state index contributed by atoms with van der Waals surface area (Å²) in [4.78, 5) is 38.3. The number of thiophene rings is 1. The first-order chi connectivity index (χ1) is 17.5. The standard InChI is InChI=1S/C28H38N4O4S/c1-19(2)16-28(4,5)17-24(33)35-18-36-27(34)32-23-10-8-7-9-22(23)29-25-21(15-20(3)37-25)26(32)31-13-11-30(6)12-14-31/h7-10,15,19H,11-14,16-18H2,1-6H3. The lowest BCUT2D eigenvalue weighted by Crippen LogP contribution is -2.51. The van der Waals surface area contributed by atoms with E-state index in [9.17, 15) is 9.59 Å². The largest absolute Gasteiger partial charge is 0.428 e. The van der Waals surface area contributed by atoms with E-state index in [1.54, 1.807) is 16.2 Å². The minimum Gasteiger partial charge on any atom is -0.428 e. The van der Waals surface area contributed by atoms with Crippen molar-refractivity contribution in [3.05, 3.63) is 45.1 Å². The Kier molecular flexibility index (Phi) is 8.23. The molecule has 9 heteroatoms. The lowest BCUT2D eigenvalue weighted by atomic mass is 9.81. The van der Waals surface area contributed by atoms with Gasteiger partial charge in [0, 0.05) is 31.1 Å². The van der Waals surface area contributed by atoms with Gasteiger partial charge in [-0.25, -0.2) is 14.7 Å². The van der Waals surface area contributed by atoms with Gasteiger partial charge in [-0.1, -0.05) is 39.8 Å². The van der Waals surface area contributed by atoms with Gasteiger partial charge in [0.2, 0.25) is 6.79 Å². The average molecular weight is 527 g/mol. The molecule has 0 bridgehead atoms. The number of aryl methyl sites for hydroxylation is 1. The number of para-hydroxylation sites is 2. The van der Waals surface area contributed by atoms with Crippen molar-refractivity contribution in [2.24, 2.45) is 16.3 Å². The van der Waals surface area contributed by atoms with E-state index in [4.69, 9.17) is 14.5 Å². The van der Waals surface area contributed by atoms with Gasteiger partial charge in [0.25, 0.3) is 0 Å². The van der Waals surface area contributed by atoms with Crippen LogP contribution >= 0.6 is 11.3 Å². The minimum absolute atomic E-state index is 0.184. The maximum Gasteiger partial charge on any atom is 0.423 e. The number of benzene rings is 1. The zero-order chi connectivity index (χ0) is 26.7. The van der Waals surface area contributed by atoms with Gasteiger partial charge in [-0.3, -0.25) is 4.79 Å². The molecule has 1 saturated heterocycles. The first-order valence-corrected chi connectivity index (χ1v) is 13.7. The molecule has 2 aromatic rings. The molecule has 0 N–H and O–H groups in total. The van der Waals surface area contributed by atoms with Crippen molar-refractivity contribution < 1.29 is 19.1 Å². The average Bonchev–Trinajstić information content (AvgIpc) is 3.10. The Balaban J connectivity index is 1.61. The third kappa shape index (κ3) is 6.51. The molecule has 1 aromatic carbocycles. The third-order valence-electron chi connectivity index (χ3n) is 6.60. The van der Waals surface area contributed by atoms with Crippen molar-refractivity contribution in [1.82, 2.24) is 9.80 Å². The Bertz CT molecular complexity index is 1260. The number of fused-ring (bicyclic) bond motifs is 2. The molecule has 1 amide bonds. The molecule has 4 rings (SSSR count). The Hall–Kier alpha value is -2.91. The highest BCUT2D eigenvalue weighted by Crippen LogP contribution is 2.34. The van der Waals surface area contributed by atoms with Crippen molar-refractivity contribution in [2.75, 3.05) is 44.9 Å². The summed E-state index contributed by atoms with van der Waals surface area (Å²) >= 11 is 1.61. The summed E-state index contributed by atoms with van der Waals surface area (Å²) in [6.45, 7) is 13.3. The molecule has 1 aromatic heterocycles. The number of likely N-dealkylation sites (N-methyl/N-ethyl adjacent to an activating group) is 1. The molecule has 37 heavy (non-hydrogen) atoms. The summed E-state index contributed by atoms with van der Waals surface area (Å²) in [6.07, 6.45) is 0.578. The van der Waals surface area contributed by atoms with Gasteiger partial charge < -0.3 is 19.3 Å². The maximum atomic E-state index is 13.7. The van der Waals surface area contributed by atoms with E-state index in [0.717, 1.165) is 53.2 Å². The molecule has 8 nitrogen and oxygen atoms in total. The van der Waals surface area contributed by atoms with Crippen LogP contribution in [0, 0.1) is 18.3 Å². The van der Waals surface area contributed by atoms with Crippen LogP contribution in [0.15, 0.2) is 35.3 Å². The molecule has 2 aliphatic heterocycles. The number of rotatable bonds is 7. The molecular weight excluding hydrogens is 488 g/mol. The summed E-state index contributed by atoms with van der Waals surface area (Å²) in [5, 5.41) is 0.910. The van der Waals surface area contributed by atoms with E-state index >= 15 is 0 Å². The maximum absolute atomic E-state index is 13.7. The second kappa shape index (κ2) is 11.2. The number of ether oxygens (including phenoxy) is 2. The van der Waals surface area contributed by atoms with Crippen molar-refractivity contribution >= 4 is 40.6 Å². The van der Waals surface area contributed by atoms with E-state index in [1.165, 1.54) is 0 Å². The summed E-state index contributed by atoms with van der Waals surface area (Å²) in [7, 11) is 2.10. The number of piperazine rings is 1. The van der Waals surface area contributed by atoms with E-state index in [2.05, 4.69) is 50.6 Å².